The fraction of sp³-hybridized carbons (Fsp3) is 0.562. The molecule has 1 aliphatic carbocycles. The van der Waals surface area contributed by atoms with E-state index in [4.69, 9.17) is 5.73 Å². The van der Waals surface area contributed by atoms with Gasteiger partial charge in [-0.1, -0.05) is 0 Å². The molecule has 0 unspecified atom stereocenters. The van der Waals surface area contributed by atoms with Gasteiger partial charge in [-0.3, -0.25) is 9.78 Å². The maximum absolute atomic E-state index is 12.3. The molecule has 1 atom stereocenters. The number of rotatable bonds is 2. The molecule has 1 aliphatic heterocycles. The van der Waals surface area contributed by atoms with Crippen LogP contribution >= 0.6 is 0 Å². The highest BCUT2D eigenvalue weighted by Gasteiger charge is 2.27. The van der Waals surface area contributed by atoms with E-state index in [1.807, 2.05) is 6.07 Å². The smallest absolute Gasteiger partial charge is 0.321 e. The molecule has 1 saturated heterocycles. The Morgan fingerprint density at radius 1 is 1.27 bits per heavy atom. The predicted molar refractivity (Wildman–Crippen MR) is 83.4 cm³/mol. The summed E-state index contributed by atoms with van der Waals surface area (Å²) in [6.45, 7) is 1.06. The van der Waals surface area contributed by atoms with Gasteiger partial charge in [0.05, 0.1) is 17.8 Å². The summed E-state index contributed by atoms with van der Waals surface area (Å²) in [5.41, 5.74) is 8.46. The van der Waals surface area contributed by atoms with Crippen LogP contribution in [0.25, 0.3) is 0 Å². The molecule has 6 heteroatoms. The van der Waals surface area contributed by atoms with Crippen LogP contribution in [0.3, 0.4) is 0 Å². The van der Waals surface area contributed by atoms with Gasteiger partial charge in [0.15, 0.2) is 0 Å². The van der Waals surface area contributed by atoms with Crippen molar-refractivity contribution in [3.63, 3.8) is 0 Å². The summed E-state index contributed by atoms with van der Waals surface area (Å²) in [7, 11) is 0. The first-order valence-corrected chi connectivity index (χ1v) is 7.96. The van der Waals surface area contributed by atoms with Gasteiger partial charge in [0.25, 0.3) is 0 Å². The molecule has 0 spiro atoms. The highest BCUT2D eigenvalue weighted by molar-refractivity contribution is 5.90. The number of carbonyl (C=O) groups excluding carboxylic acids is 2. The van der Waals surface area contributed by atoms with Crippen molar-refractivity contribution < 1.29 is 9.59 Å². The van der Waals surface area contributed by atoms with Crippen molar-refractivity contribution in [3.05, 3.63) is 23.5 Å². The summed E-state index contributed by atoms with van der Waals surface area (Å²) in [5, 5.41) is 2.89. The van der Waals surface area contributed by atoms with Crippen molar-refractivity contribution in [2.75, 3.05) is 18.4 Å². The lowest BCUT2D eigenvalue weighted by molar-refractivity contribution is -0.123. The Morgan fingerprint density at radius 2 is 2.09 bits per heavy atom. The van der Waals surface area contributed by atoms with Crippen LogP contribution in [0.1, 0.15) is 36.9 Å². The fourth-order valence-electron chi connectivity index (χ4n) is 3.25. The number of fused-ring (bicyclic) bond motifs is 1. The minimum atomic E-state index is -0.326. The molecule has 2 heterocycles. The van der Waals surface area contributed by atoms with E-state index >= 15 is 0 Å². The maximum atomic E-state index is 12.3. The number of amides is 3. The van der Waals surface area contributed by atoms with Crippen LogP contribution in [-0.4, -0.2) is 34.9 Å². The molecule has 1 fully saturated rings. The van der Waals surface area contributed by atoms with E-state index in [9.17, 15) is 9.59 Å². The Balaban J connectivity index is 1.65. The molecule has 1 aromatic rings. The maximum Gasteiger partial charge on any atom is 0.321 e. The SMILES string of the molecule is NC(=O)[C@@H]1CCCN(C(=O)Nc2cnc3c(c2)CCCC3)C1. The first-order chi connectivity index (χ1) is 10.6. The van der Waals surface area contributed by atoms with E-state index in [0.717, 1.165) is 37.1 Å². The van der Waals surface area contributed by atoms with Gasteiger partial charge in [-0.05, 0) is 50.2 Å². The first-order valence-electron chi connectivity index (χ1n) is 7.96. The van der Waals surface area contributed by atoms with Crippen molar-refractivity contribution in [2.45, 2.75) is 38.5 Å². The van der Waals surface area contributed by atoms with Gasteiger partial charge in [0.2, 0.25) is 5.91 Å². The van der Waals surface area contributed by atoms with Crippen LogP contribution in [0.5, 0.6) is 0 Å². The number of likely N-dealkylation sites (tertiary alicyclic amines) is 1. The molecular weight excluding hydrogens is 280 g/mol. The van der Waals surface area contributed by atoms with Crippen LogP contribution in [0.2, 0.25) is 0 Å². The largest absolute Gasteiger partial charge is 0.369 e. The molecule has 3 amide bonds. The first kappa shape index (κ1) is 14.8. The highest BCUT2D eigenvalue weighted by atomic mass is 16.2. The predicted octanol–water partition coefficient (Wildman–Crippen LogP) is 1.69. The van der Waals surface area contributed by atoms with E-state index in [2.05, 4.69) is 10.3 Å². The standard InChI is InChI=1S/C16H22N4O2/c17-15(21)12-5-3-7-20(10-12)16(22)19-13-8-11-4-1-2-6-14(11)18-9-13/h8-9,12H,1-7,10H2,(H2,17,21)(H,19,22)/t12-/m1/s1. The second kappa shape index (κ2) is 6.34. The summed E-state index contributed by atoms with van der Waals surface area (Å²) in [4.78, 5) is 29.8. The van der Waals surface area contributed by atoms with Gasteiger partial charge >= 0.3 is 6.03 Å². The van der Waals surface area contributed by atoms with Gasteiger partial charge < -0.3 is 16.0 Å². The van der Waals surface area contributed by atoms with Crippen molar-refractivity contribution in [3.8, 4) is 0 Å². The van der Waals surface area contributed by atoms with Gasteiger partial charge in [0, 0.05) is 18.8 Å². The second-order valence-corrected chi connectivity index (χ2v) is 6.15. The molecule has 118 valence electrons. The average molecular weight is 302 g/mol. The van der Waals surface area contributed by atoms with Crippen LogP contribution in [-0.2, 0) is 17.6 Å². The van der Waals surface area contributed by atoms with Gasteiger partial charge in [0.1, 0.15) is 0 Å². The quantitative estimate of drug-likeness (QED) is 0.871. The number of aromatic nitrogens is 1. The second-order valence-electron chi connectivity index (χ2n) is 6.15. The van der Waals surface area contributed by atoms with Gasteiger partial charge in [-0.15, -0.1) is 0 Å². The number of aryl methyl sites for hydroxylation is 2. The van der Waals surface area contributed by atoms with E-state index in [1.165, 1.54) is 18.4 Å². The molecule has 0 aromatic carbocycles. The number of carbonyl (C=O) groups is 2. The number of nitrogens with one attached hydrogen (secondary N) is 1. The topological polar surface area (TPSA) is 88.3 Å². The number of piperidine rings is 1. The Morgan fingerprint density at radius 3 is 2.91 bits per heavy atom. The molecule has 2 aliphatic rings. The number of hydrogen-bond acceptors (Lipinski definition) is 3. The molecule has 3 rings (SSSR count). The Bertz CT molecular complexity index is 588. The van der Waals surface area contributed by atoms with Gasteiger partial charge in [-0.2, -0.15) is 0 Å². The summed E-state index contributed by atoms with van der Waals surface area (Å²) < 4.78 is 0. The molecule has 22 heavy (non-hydrogen) atoms. The van der Waals surface area contributed by atoms with Crippen molar-refractivity contribution in [2.24, 2.45) is 11.7 Å². The zero-order chi connectivity index (χ0) is 15.5. The molecule has 0 saturated carbocycles. The molecule has 3 N–H and O–H groups in total. The van der Waals surface area contributed by atoms with E-state index in [1.54, 1.807) is 11.1 Å². The summed E-state index contributed by atoms with van der Waals surface area (Å²) in [5.74, 6) is -0.561. The third-order valence-corrected chi connectivity index (χ3v) is 4.53. The van der Waals surface area contributed by atoms with Crippen LogP contribution in [0.4, 0.5) is 10.5 Å². The van der Waals surface area contributed by atoms with E-state index in [-0.39, 0.29) is 17.9 Å². The third kappa shape index (κ3) is 3.21. The molecule has 0 radical (unpaired) electrons. The monoisotopic (exact) mass is 302 g/mol. The molecule has 6 nitrogen and oxygen atoms in total. The molecule has 1 aromatic heterocycles. The van der Waals surface area contributed by atoms with Crippen molar-refractivity contribution in [1.29, 1.82) is 0 Å². The van der Waals surface area contributed by atoms with Crippen molar-refractivity contribution >= 4 is 17.6 Å². The van der Waals surface area contributed by atoms with Gasteiger partial charge in [-0.25, -0.2) is 4.79 Å². The number of hydrogen-bond donors (Lipinski definition) is 2. The number of nitrogens with two attached hydrogens (primary N) is 1. The summed E-state index contributed by atoms with van der Waals surface area (Å²) in [6.07, 6.45) is 7.71. The zero-order valence-electron chi connectivity index (χ0n) is 12.7. The summed E-state index contributed by atoms with van der Waals surface area (Å²) >= 11 is 0. The van der Waals surface area contributed by atoms with E-state index < -0.39 is 0 Å². The Labute approximate surface area is 130 Å². The lowest BCUT2D eigenvalue weighted by atomic mass is 9.96. The number of primary amides is 1. The summed E-state index contributed by atoms with van der Waals surface area (Å²) in [6, 6.07) is 1.85. The lowest BCUT2D eigenvalue weighted by Gasteiger charge is -2.31. The van der Waals surface area contributed by atoms with Crippen LogP contribution in [0.15, 0.2) is 12.3 Å². The minimum absolute atomic E-state index is 0.177. The van der Waals surface area contributed by atoms with Crippen LogP contribution < -0.4 is 11.1 Å². The zero-order valence-corrected chi connectivity index (χ0v) is 12.7. The number of pyridine rings is 1. The molecule has 0 bridgehead atoms. The highest BCUT2D eigenvalue weighted by Crippen LogP contribution is 2.23. The average Bonchev–Trinajstić information content (AvgIpc) is 2.55. The molecular formula is C16H22N4O2. The van der Waals surface area contributed by atoms with Crippen LogP contribution in [0, 0.1) is 5.92 Å². The Hall–Kier alpha value is -2.11. The lowest BCUT2D eigenvalue weighted by Crippen LogP contribution is -2.45. The minimum Gasteiger partial charge on any atom is -0.369 e. The Kier molecular flexibility index (Phi) is 4.27. The van der Waals surface area contributed by atoms with Crippen molar-refractivity contribution in [1.82, 2.24) is 9.88 Å². The third-order valence-electron chi connectivity index (χ3n) is 4.53. The normalized spacial score (nSPS) is 21.1. The number of anilines is 1. The number of nitrogens with zero attached hydrogens (tertiary/aromatic N) is 2. The fourth-order valence-corrected chi connectivity index (χ4v) is 3.25. The number of urea groups is 1. The van der Waals surface area contributed by atoms with E-state index in [0.29, 0.717) is 13.1 Å².